The number of hydrogen-bond donors (Lipinski definition) is 1. The zero-order valence-electron chi connectivity index (χ0n) is 24.0. The third kappa shape index (κ3) is 6.23. The smallest absolute Gasteiger partial charge is 0.417 e. The van der Waals surface area contributed by atoms with Gasteiger partial charge in [-0.1, -0.05) is 24.3 Å². The number of hydrogen-bond acceptors (Lipinski definition) is 6. The van der Waals surface area contributed by atoms with Gasteiger partial charge in [-0.25, -0.2) is 12.7 Å². The molecule has 3 aromatic rings. The van der Waals surface area contributed by atoms with E-state index in [0.29, 0.717) is 72.7 Å². The minimum atomic E-state index is -4.56. The Kier molecular flexibility index (Phi) is 8.00. The molecule has 2 atom stereocenters. The Morgan fingerprint density at radius 3 is 2.32 bits per heavy atom. The van der Waals surface area contributed by atoms with Crippen LogP contribution >= 0.6 is 0 Å². The van der Waals surface area contributed by atoms with Crippen LogP contribution in [0.1, 0.15) is 60.0 Å². The monoisotopic (exact) mass is 631 g/mol. The summed E-state index contributed by atoms with van der Waals surface area (Å²) in [4.78, 5) is 11.2. The topological polar surface area (TPSA) is 102 Å². The van der Waals surface area contributed by atoms with Crippen LogP contribution in [-0.2, 0) is 27.4 Å². The molecular weight excluding hydrogens is 599 g/mol. The second-order valence-electron chi connectivity index (χ2n) is 11.5. The molecule has 1 aliphatic carbocycles. The van der Waals surface area contributed by atoms with Crippen LogP contribution < -0.4 is 14.2 Å². The number of piperidine rings is 1. The number of alkyl halides is 3. The van der Waals surface area contributed by atoms with E-state index in [0.717, 1.165) is 11.6 Å². The first-order valence-corrected chi connectivity index (χ1v) is 16.3. The number of carboxylic acid groups (broad SMARTS) is 1. The maximum absolute atomic E-state index is 14.2. The number of fused-ring (bicyclic) bond motifs is 2. The Labute approximate surface area is 253 Å². The molecule has 1 saturated heterocycles. The normalized spacial score (nSPS) is 20.5. The SMILES string of the molecule is CS(=O)(=O)N1CCC(Oc2ccc(-c3c(C(F)(F)F)ccc4c3CC[C@H]4Oc3ccc4c(c3)OC[C@H]4CC(=O)O)cc2)CC1. The zero-order chi connectivity index (χ0) is 31.2. The quantitative estimate of drug-likeness (QED) is 0.316. The average Bonchev–Trinajstić information content (AvgIpc) is 3.55. The fourth-order valence-corrected chi connectivity index (χ4v) is 7.28. The van der Waals surface area contributed by atoms with Gasteiger partial charge in [0, 0.05) is 30.6 Å². The third-order valence-corrected chi connectivity index (χ3v) is 9.84. The Balaban J connectivity index is 1.22. The van der Waals surface area contributed by atoms with Crippen molar-refractivity contribution in [1.29, 1.82) is 0 Å². The summed E-state index contributed by atoms with van der Waals surface area (Å²) in [6.07, 6.45) is -2.10. The molecule has 3 aliphatic rings. The summed E-state index contributed by atoms with van der Waals surface area (Å²) in [6.45, 7) is 0.993. The minimum Gasteiger partial charge on any atom is -0.492 e. The van der Waals surface area contributed by atoms with Gasteiger partial charge in [0.15, 0.2) is 0 Å². The lowest BCUT2D eigenvalue weighted by Gasteiger charge is -2.30. The van der Waals surface area contributed by atoms with Crippen molar-refractivity contribution in [2.45, 2.75) is 56.4 Å². The van der Waals surface area contributed by atoms with E-state index in [2.05, 4.69) is 0 Å². The van der Waals surface area contributed by atoms with E-state index in [1.807, 2.05) is 0 Å². The lowest BCUT2D eigenvalue weighted by molar-refractivity contribution is -0.138. The molecule has 0 amide bonds. The van der Waals surface area contributed by atoms with E-state index in [4.69, 9.17) is 19.3 Å². The van der Waals surface area contributed by atoms with Gasteiger partial charge >= 0.3 is 12.1 Å². The second kappa shape index (κ2) is 11.6. The van der Waals surface area contributed by atoms with Crippen LogP contribution in [0.25, 0.3) is 11.1 Å². The first-order valence-electron chi connectivity index (χ1n) is 14.5. The number of benzene rings is 3. The maximum atomic E-state index is 14.2. The van der Waals surface area contributed by atoms with E-state index in [-0.39, 0.29) is 30.6 Å². The lowest BCUT2D eigenvalue weighted by Crippen LogP contribution is -2.41. The van der Waals surface area contributed by atoms with Crippen molar-refractivity contribution in [3.63, 3.8) is 0 Å². The number of ether oxygens (including phenoxy) is 3. The molecule has 0 bridgehead atoms. The molecule has 2 heterocycles. The second-order valence-corrected chi connectivity index (χ2v) is 13.5. The highest BCUT2D eigenvalue weighted by Crippen LogP contribution is 2.47. The Morgan fingerprint density at radius 2 is 1.66 bits per heavy atom. The standard InChI is InChI=1S/C32H32F3NO7S/c1-44(39,40)36-14-12-22(13-15-36)42-21-4-2-19(3-5-21)31-26-9-11-28(25(26)8-10-27(31)32(33,34)35)43-23-6-7-24-20(16-30(37)38)18-41-29(24)17-23/h2-8,10,17,20,22,28H,9,11-16,18H2,1H3,(H,37,38)/t20-,28-/m1/s1. The van der Waals surface area contributed by atoms with E-state index in [1.54, 1.807) is 42.5 Å². The number of aliphatic carboxylic acids is 1. The van der Waals surface area contributed by atoms with Gasteiger partial charge in [0.05, 0.1) is 24.8 Å². The summed E-state index contributed by atoms with van der Waals surface area (Å²) in [6, 6.07) is 14.4. The van der Waals surface area contributed by atoms with E-state index < -0.39 is 33.8 Å². The van der Waals surface area contributed by atoms with Gasteiger partial charge in [-0.3, -0.25) is 4.79 Å². The first kappa shape index (κ1) is 30.3. The summed E-state index contributed by atoms with van der Waals surface area (Å²) in [5.41, 5.74) is 1.92. The van der Waals surface area contributed by atoms with Crippen LogP contribution in [0, 0.1) is 0 Å². The molecule has 1 fully saturated rings. The summed E-state index contributed by atoms with van der Waals surface area (Å²) < 4.78 is 85.6. The molecule has 6 rings (SSSR count). The molecule has 0 unspecified atom stereocenters. The van der Waals surface area contributed by atoms with Gasteiger partial charge in [0.2, 0.25) is 10.0 Å². The summed E-state index contributed by atoms with van der Waals surface area (Å²) in [7, 11) is -3.26. The Hall–Kier alpha value is -3.77. The molecule has 234 valence electrons. The van der Waals surface area contributed by atoms with Crippen LogP contribution in [0.4, 0.5) is 13.2 Å². The van der Waals surface area contributed by atoms with Crippen LogP contribution in [-0.4, -0.2) is 55.9 Å². The van der Waals surface area contributed by atoms with Crippen LogP contribution in [0.5, 0.6) is 17.2 Å². The highest BCUT2D eigenvalue weighted by molar-refractivity contribution is 7.88. The van der Waals surface area contributed by atoms with Crippen LogP contribution in [0.15, 0.2) is 54.6 Å². The number of nitrogens with zero attached hydrogens (tertiary/aromatic N) is 1. The number of halogens is 3. The average molecular weight is 632 g/mol. The van der Waals surface area contributed by atoms with Gasteiger partial charge in [-0.05, 0) is 72.2 Å². The fraction of sp³-hybridized carbons (Fsp3) is 0.406. The van der Waals surface area contributed by atoms with Crippen molar-refractivity contribution in [1.82, 2.24) is 4.31 Å². The van der Waals surface area contributed by atoms with Gasteiger partial charge in [-0.15, -0.1) is 0 Å². The van der Waals surface area contributed by atoms with E-state index in [9.17, 15) is 26.4 Å². The van der Waals surface area contributed by atoms with Gasteiger partial charge in [0.1, 0.15) is 29.5 Å². The molecule has 8 nitrogen and oxygen atoms in total. The van der Waals surface area contributed by atoms with E-state index >= 15 is 0 Å². The summed E-state index contributed by atoms with van der Waals surface area (Å²) in [5, 5.41) is 9.15. The highest BCUT2D eigenvalue weighted by atomic mass is 32.2. The molecule has 3 aromatic carbocycles. The Morgan fingerprint density at radius 1 is 0.977 bits per heavy atom. The van der Waals surface area contributed by atoms with Gasteiger partial charge < -0.3 is 19.3 Å². The minimum absolute atomic E-state index is 0.0364. The number of rotatable bonds is 8. The summed E-state index contributed by atoms with van der Waals surface area (Å²) in [5.74, 6) is 0.430. The molecule has 0 radical (unpaired) electrons. The molecule has 1 N–H and O–H groups in total. The molecule has 0 spiro atoms. The maximum Gasteiger partial charge on any atom is 0.417 e. The molecule has 0 aromatic heterocycles. The highest BCUT2D eigenvalue weighted by Gasteiger charge is 2.38. The molecule has 44 heavy (non-hydrogen) atoms. The van der Waals surface area contributed by atoms with Crippen molar-refractivity contribution in [2.24, 2.45) is 0 Å². The fourth-order valence-electron chi connectivity index (χ4n) is 6.40. The molecule has 12 heteroatoms. The molecular formula is C32H32F3NO7S. The number of sulfonamides is 1. The van der Waals surface area contributed by atoms with Crippen molar-refractivity contribution in [3.05, 3.63) is 76.9 Å². The van der Waals surface area contributed by atoms with Gasteiger partial charge in [0.25, 0.3) is 0 Å². The number of carbonyl (C=O) groups is 1. The van der Waals surface area contributed by atoms with Crippen LogP contribution in [0.3, 0.4) is 0 Å². The zero-order valence-corrected chi connectivity index (χ0v) is 24.8. The summed E-state index contributed by atoms with van der Waals surface area (Å²) >= 11 is 0. The Bertz CT molecular complexity index is 1670. The van der Waals surface area contributed by atoms with Gasteiger partial charge in [-0.2, -0.15) is 13.2 Å². The van der Waals surface area contributed by atoms with Crippen LogP contribution in [0.2, 0.25) is 0 Å². The number of carboxylic acids is 1. The third-order valence-electron chi connectivity index (χ3n) is 8.54. The predicted molar refractivity (Wildman–Crippen MR) is 156 cm³/mol. The predicted octanol–water partition coefficient (Wildman–Crippen LogP) is 6.19. The largest absolute Gasteiger partial charge is 0.492 e. The molecule has 2 aliphatic heterocycles. The van der Waals surface area contributed by atoms with Crippen molar-refractivity contribution in [2.75, 3.05) is 26.0 Å². The molecule has 0 saturated carbocycles. The van der Waals surface area contributed by atoms with E-state index in [1.165, 1.54) is 16.6 Å². The first-order chi connectivity index (χ1) is 20.9. The lowest BCUT2D eigenvalue weighted by atomic mass is 9.91. The van der Waals surface area contributed by atoms with Crippen molar-refractivity contribution >= 4 is 16.0 Å². The van der Waals surface area contributed by atoms with Crippen molar-refractivity contribution in [3.8, 4) is 28.4 Å². The van der Waals surface area contributed by atoms with Crippen molar-refractivity contribution < 1.29 is 45.7 Å².